The lowest BCUT2D eigenvalue weighted by Crippen LogP contribution is -2.14. The fraction of sp³-hybridized carbons (Fsp3) is 0.0513. The van der Waals surface area contributed by atoms with Crippen molar-refractivity contribution < 1.29 is 9.15 Å². The predicted molar refractivity (Wildman–Crippen MR) is 167 cm³/mol. The van der Waals surface area contributed by atoms with Gasteiger partial charge in [-0.1, -0.05) is 97.1 Å². The Balaban J connectivity index is 1.17. The van der Waals surface area contributed by atoms with E-state index in [0.717, 1.165) is 38.7 Å². The number of para-hydroxylation sites is 1. The van der Waals surface area contributed by atoms with Crippen LogP contribution >= 0.6 is 0 Å². The first-order valence-corrected chi connectivity index (χ1v) is 14.5. The lowest BCUT2D eigenvalue weighted by atomic mass is 9.80. The van der Waals surface area contributed by atoms with E-state index in [4.69, 9.17) is 14.1 Å². The van der Waals surface area contributed by atoms with Gasteiger partial charge < -0.3 is 9.15 Å². The number of aromatic nitrogens is 1. The molecule has 7 aromatic rings. The van der Waals surface area contributed by atoms with Crippen LogP contribution in [0, 0.1) is 0 Å². The molecule has 0 spiro atoms. The number of benzene rings is 6. The molecule has 0 saturated carbocycles. The number of hydrogen-bond donors (Lipinski definition) is 0. The molecule has 42 heavy (non-hydrogen) atoms. The molecule has 0 fully saturated rings. The van der Waals surface area contributed by atoms with E-state index in [-0.39, 0.29) is 12.0 Å². The van der Waals surface area contributed by atoms with Crippen molar-refractivity contribution in [3.05, 3.63) is 150 Å². The van der Waals surface area contributed by atoms with Gasteiger partial charge in [0, 0.05) is 28.0 Å². The Morgan fingerprint density at radius 1 is 0.571 bits per heavy atom. The zero-order chi connectivity index (χ0) is 27.4. The summed E-state index contributed by atoms with van der Waals surface area (Å²) in [4.78, 5) is 4.93. The van der Waals surface area contributed by atoms with Gasteiger partial charge in [0.2, 0.25) is 5.89 Å². The largest absolute Gasteiger partial charge is 0.484 e. The maximum Gasteiger partial charge on any atom is 0.227 e. The second kappa shape index (κ2) is 8.08. The van der Waals surface area contributed by atoms with Crippen LogP contribution in [0.1, 0.15) is 34.3 Å². The normalized spacial score (nSPS) is 17.4. The Bertz CT molecular complexity index is 2290. The van der Waals surface area contributed by atoms with Gasteiger partial charge in [0.05, 0.1) is 0 Å². The zero-order valence-electron chi connectivity index (χ0n) is 22.5. The molecule has 2 atom stereocenters. The van der Waals surface area contributed by atoms with Gasteiger partial charge in [0.15, 0.2) is 5.58 Å². The van der Waals surface area contributed by atoms with Crippen LogP contribution in [0.15, 0.2) is 132 Å². The molecule has 3 aliphatic rings. The van der Waals surface area contributed by atoms with Crippen molar-refractivity contribution in [3.63, 3.8) is 0 Å². The van der Waals surface area contributed by atoms with Crippen LogP contribution in [0.25, 0.3) is 61.2 Å². The molecular formula is C39H23NO2. The Hall–Kier alpha value is -5.41. The molecule has 1 aliphatic heterocycles. The van der Waals surface area contributed by atoms with Crippen molar-refractivity contribution in [2.24, 2.45) is 0 Å². The van der Waals surface area contributed by atoms with E-state index in [1.807, 2.05) is 30.3 Å². The predicted octanol–water partition coefficient (Wildman–Crippen LogP) is 9.96. The van der Waals surface area contributed by atoms with Gasteiger partial charge in [-0.05, 0) is 74.7 Å². The zero-order valence-corrected chi connectivity index (χ0v) is 22.5. The van der Waals surface area contributed by atoms with E-state index in [2.05, 4.69) is 97.1 Å². The Labute approximate surface area is 242 Å². The lowest BCUT2D eigenvalue weighted by molar-refractivity contribution is 0.223. The average Bonchev–Trinajstić information content (AvgIpc) is 3.74. The third kappa shape index (κ3) is 2.92. The van der Waals surface area contributed by atoms with Crippen LogP contribution in [0.3, 0.4) is 0 Å². The summed E-state index contributed by atoms with van der Waals surface area (Å²) in [6.07, 6.45) is 2.46. The fourth-order valence-corrected chi connectivity index (χ4v) is 7.36. The highest BCUT2D eigenvalue weighted by molar-refractivity contribution is 6.12. The number of hydrogen-bond acceptors (Lipinski definition) is 3. The van der Waals surface area contributed by atoms with Crippen molar-refractivity contribution >= 4 is 27.4 Å². The summed E-state index contributed by atoms with van der Waals surface area (Å²) in [5, 5.41) is 2.23. The summed E-state index contributed by atoms with van der Waals surface area (Å²) < 4.78 is 12.9. The molecule has 0 N–H and O–H groups in total. The molecule has 2 aliphatic carbocycles. The Morgan fingerprint density at radius 3 is 2.31 bits per heavy atom. The first kappa shape index (κ1) is 22.3. The second-order valence-corrected chi connectivity index (χ2v) is 11.4. The quantitative estimate of drug-likeness (QED) is 0.220. The molecule has 10 rings (SSSR count). The topological polar surface area (TPSA) is 35.3 Å². The van der Waals surface area contributed by atoms with Gasteiger partial charge >= 0.3 is 0 Å². The highest BCUT2D eigenvalue weighted by Crippen LogP contribution is 2.58. The maximum absolute atomic E-state index is 6.52. The number of nitrogens with zero attached hydrogens (tertiary/aromatic N) is 1. The molecular weight excluding hydrogens is 514 g/mol. The van der Waals surface area contributed by atoms with E-state index >= 15 is 0 Å². The first-order valence-electron chi connectivity index (χ1n) is 14.5. The maximum atomic E-state index is 6.52. The van der Waals surface area contributed by atoms with Crippen molar-refractivity contribution in [2.45, 2.75) is 12.0 Å². The van der Waals surface area contributed by atoms with Gasteiger partial charge in [-0.15, -0.1) is 0 Å². The minimum absolute atomic E-state index is 0.0206. The fourth-order valence-electron chi connectivity index (χ4n) is 7.36. The molecule has 2 unspecified atom stereocenters. The van der Waals surface area contributed by atoms with Gasteiger partial charge in [0.25, 0.3) is 0 Å². The molecule has 0 radical (unpaired) electrons. The highest BCUT2D eigenvalue weighted by atomic mass is 16.5. The van der Waals surface area contributed by atoms with Crippen LogP contribution in [-0.4, -0.2) is 4.98 Å². The van der Waals surface area contributed by atoms with Crippen LogP contribution in [0.4, 0.5) is 0 Å². The summed E-state index contributed by atoms with van der Waals surface area (Å²) in [5.74, 6) is 1.87. The molecule has 2 heterocycles. The number of oxazole rings is 1. The molecule has 3 nitrogen and oxygen atoms in total. The summed E-state index contributed by atoms with van der Waals surface area (Å²) >= 11 is 0. The minimum Gasteiger partial charge on any atom is -0.484 e. The Kier molecular flexibility index (Phi) is 4.29. The monoisotopic (exact) mass is 537 g/mol. The van der Waals surface area contributed by atoms with Gasteiger partial charge in [0.1, 0.15) is 17.4 Å². The molecule has 196 valence electrons. The number of rotatable bonds is 2. The van der Waals surface area contributed by atoms with E-state index in [0.29, 0.717) is 5.89 Å². The SMILES string of the molecule is C1=C2c3ccc(-c4cc5nc(-c6ccccc6)oc5c5ccccc45)cc3-c3cccc(c32)C2Oc3ccccc3C12. The van der Waals surface area contributed by atoms with Crippen molar-refractivity contribution in [1.29, 1.82) is 0 Å². The number of ether oxygens (including phenoxy) is 1. The molecule has 0 saturated heterocycles. The molecule has 0 amide bonds. The van der Waals surface area contributed by atoms with Crippen molar-refractivity contribution in [2.75, 3.05) is 0 Å². The van der Waals surface area contributed by atoms with Gasteiger partial charge in [-0.25, -0.2) is 4.98 Å². The van der Waals surface area contributed by atoms with E-state index in [1.54, 1.807) is 0 Å². The summed E-state index contributed by atoms with van der Waals surface area (Å²) in [6.45, 7) is 0. The molecule has 0 bridgehead atoms. The third-order valence-electron chi connectivity index (χ3n) is 9.20. The van der Waals surface area contributed by atoms with E-state index in [9.17, 15) is 0 Å². The van der Waals surface area contributed by atoms with Crippen LogP contribution in [0.5, 0.6) is 5.75 Å². The van der Waals surface area contributed by atoms with E-state index in [1.165, 1.54) is 44.5 Å². The molecule has 6 aromatic carbocycles. The van der Waals surface area contributed by atoms with Crippen LogP contribution < -0.4 is 4.74 Å². The standard InChI is InChI=1S/C39H23NO2/c1-2-9-22(10-3-1)39-40-34-21-30(24-11-4-5-13-28(24)38(34)42-39)23-17-18-25-31(19-23)27-14-8-15-29-36(27)32(25)20-33-26-12-6-7-16-35(26)41-37(29)33/h1-21,33,37H. The minimum atomic E-state index is 0.0206. The lowest BCUT2D eigenvalue weighted by Gasteiger charge is -2.25. The first-order chi connectivity index (χ1) is 20.8. The van der Waals surface area contributed by atoms with Gasteiger partial charge in [-0.2, -0.15) is 0 Å². The number of fused-ring (bicyclic) bond motifs is 10. The smallest absolute Gasteiger partial charge is 0.227 e. The molecule has 3 heteroatoms. The third-order valence-corrected chi connectivity index (χ3v) is 9.20. The Morgan fingerprint density at radius 2 is 1.38 bits per heavy atom. The summed E-state index contributed by atoms with van der Waals surface area (Å²) in [6, 6.07) is 42.9. The van der Waals surface area contributed by atoms with E-state index < -0.39 is 0 Å². The highest BCUT2D eigenvalue weighted by Gasteiger charge is 2.42. The average molecular weight is 538 g/mol. The molecule has 1 aromatic heterocycles. The summed E-state index contributed by atoms with van der Waals surface area (Å²) in [7, 11) is 0. The van der Waals surface area contributed by atoms with Gasteiger partial charge in [-0.3, -0.25) is 0 Å². The second-order valence-electron chi connectivity index (χ2n) is 11.4. The summed E-state index contributed by atoms with van der Waals surface area (Å²) in [5.41, 5.74) is 14.1. The van der Waals surface area contributed by atoms with Crippen LogP contribution in [0.2, 0.25) is 0 Å². The van der Waals surface area contributed by atoms with Crippen molar-refractivity contribution in [3.8, 4) is 39.5 Å². The van der Waals surface area contributed by atoms with Crippen LogP contribution in [-0.2, 0) is 0 Å². The van der Waals surface area contributed by atoms with Crippen molar-refractivity contribution in [1.82, 2.24) is 4.98 Å².